The van der Waals surface area contributed by atoms with E-state index in [-0.39, 0.29) is 18.1 Å². The highest BCUT2D eigenvalue weighted by atomic mass is 16.5. The predicted octanol–water partition coefficient (Wildman–Crippen LogP) is 5.21. The second kappa shape index (κ2) is 11.7. The van der Waals surface area contributed by atoms with Gasteiger partial charge in [-0.15, -0.1) is 0 Å². The minimum atomic E-state index is -0.676. The Labute approximate surface area is 227 Å². The van der Waals surface area contributed by atoms with E-state index in [1.807, 2.05) is 38.1 Å². The third kappa shape index (κ3) is 5.85. The molecule has 3 aromatic carbocycles. The van der Waals surface area contributed by atoms with E-state index in [0.29, 0.717) is 28.6 Å². The van der Waals surface area contributed by atoms with Crippen LogP contribution < -0.4 is 19.7 Å². The molecule has 4 rings (SSSR count). The topological polar surface area (TPSA) is 94.2 Å². The SMILES string of the molecule is COC(=O)C1=C(C)N(c2ccc(C)c(C)c2)/C(=C\c2ccc(OCC(=O)Nc3ccccc3OC)cc2)C1=O. The number of carbonyl (C=O) groups is 3. The highest BCUT2D eigenvalue weighted by molar-refractivity contribution is 6.30. The number of ether oxygens (including phenoxy) is 3. The third-order valence-corrected chi connectivity index (χ3v) is 6.47. The molecule has 1 N–H and O–H groups in total. The molecule has 0 aromatic heterocycles. The molecule has 0 spiro atoms. The average Bonchev–Trinajstić information content (AvgIpc) is 3.18. The molecular formula is C31H30N2O6. The Kier molecular flexibility index (Phi) is 8.15. The second-order valence-electron chi connectivity index (χ2n) is 9.02. The van der Waals surface area contributed by atoms with E-state index >= 15 is 0 Å². The van der Waals surface area contributed by atoms with Crippen LogP contribution in [0.25, 0.3) is 6.08 Å². The van der Waals surface area contributed by atoms with Crippen LogP contribution in [0.3, 0.4) is 0 Å². The number of rotatable bonds is 8. The number of esters is 1. The summed E-state index contributed by atoms with van der Waals surface area (Å²) in [4.78, 5) is 39.9. The molecule has 0 bridgehead atoms. The number of ketones is 1. The van der Waals surface area contributed by atoms with Crippen molar-refractivity contribution in [2.75, 3.05) is 31.0 Å². The lowest BCUT2D eigenvalue weighted by molar-refractivity contribution is -0.137. The Hall–Kier alpha value is -4.85. The minimum Gasteiger partial charge on any atom is -0.495 e. The van der Waals surface area contributed by atoms with E-state index in [2.05, 4.69) is 5.32 Å². The van der Waals surface area contributed by atoms with Crippen molar-refractivity contribution in [3.63, 3.8) is 0 Å². The van der Waals surface area contributed by atoms with Gasteiger partial charge in [-0.25, -0.2) is 4.79 Å². The second-order valence-corrected chi connectivity index (χ2v) is 9.02. The van der Waals surface area contributed by atoms with Crippen molar-refractivity contribution in [3.05, 3.63) is 100 Å². The number of allylic oxidation sites excluding steroid dienone is 2. The quantitative estimate of drug-likeness (QED) is 0.245. The van der Waals surface area contributed by atoms with Gasteiger partial charge in [-0.1, -0.05) is 30.3 Å². The minimum absolute atomic E-state index is 0.00277. The van der Waals surface area contributed by atoms with Crippen molar-refractivity contribution < 1.29 is 28.6 Å². The molecule has 1 aliphatic heterocycles. The maximum absolute atomic E-state index is 13.3. The number of hydrogen-bond donors (Lipinski definition) is 1. The molecule has 1 amide bonds. The molecule has 0 fully saturated rings. The summed E-state index contributed by atoms with van der Waals surface area (Å²) >= 11 is 0. The highest BCUT2D eigenvalue weighted by Crippen LogP contribution is 2.36. The lowest BCUT2D eigenvalue weighted by Crippen LogP contribution is -2.20. The molecule has 0 unspecified atom stereocenters. The maximum Gasteiger partial charge on any atom is 0.343 e. The molecule has 0 radical (unpaired) electrons. The standard InChI is InChI=1S/C31H30N2O6/c1-19-10-13-23(16-20(19)2)33-21(3)29(31(36)38-5)30(35)26(33)17-22-11-14-24(15-12-22)39-18-28(34)32-25-8-6-7-9-27(25)37-4/h6-17H,18H2,1-5H3,(H,32,34)/b26-17-. The zero-order valence-electron chi connectivity index (χ0n) is 22.5. The fourth-order valence-electron chi connectivity index (χ4n) is 4.26. The summed E-state index contributed by atoms with van der Waals surface area (Å²) in [6.07, 6.45) is 1.72. The number of carbonyl (C=O) groups excluding carboxylic acids is 3. The number of methoxy groups -OCH3 is 2. The number of amides is 1. The van der Waals surface area contributed by atoms with Crippen molar-refractivity contribution in [3.8, 4) is 11.5 Å². The summed E-state index contributed by atoms with van der Waals surface area (Å²) < 4.78 is 15.8. The number of nitrogens with one attached hydrogen (secondary N) is 1. The molecule has 0 aliphatic carbocycles. The summed E-state index contributed by atoms with van der Waals surface area (Å²) in [5, 5.41) is 2.76. The zero-order valence-corrected chi connectivity index (χ0v) is 22.5. The molecule has 0 saturated heterocycles. The van der Waals surface area contributed by atoms with Crippen molar-refractivity contribution in [2.45, 2.75) is 20.8 Å². The lowest BCUT2D eigenvalue weighted by Gasteiger charge is -2.22. The van der Waals surface area contributed by atoms with Crippen LogP contribution in [-0.4, -0.2) is 38.5 Å². The molecule has 1 heterocycles. The van der Waals surface area contributed by atoms with Crippen LogP contribution in [0.2, 0.25) is 0 Å². The summed E-state index contributed by atoms with van der Waals surface area (Å²) in [6.45, 7) is 5.55. The fraction of sp³-hybridized carbons (Fsp3) is 0.194. The van der Waals surface area contributed by atoms with Gasteiger partial charge in [0.05, 0.1) is 25.6 Å². The largest absolute Gasteiger partial charge is 0.495 e. The average molecular weight is 527 g/mol. The van der Waals surface area contributed by atoms with E-state index in [1.165, 1.54) is 14.2 Å². The molecule has 3 aromatic rings. The summed E-state index contributed by atoms with van der Waals surface area (Å²) in [7, 11) is 2.79. The first-order valence-electron chi connectivity index (χ1n) is 12.3. The summed E-state index contributed by atoms with van der Waals surface area (Å²) in [6, 6.07) is 20.0. The fourth-order valence-corrected chi connectivity index (χ4v) is 4.26. The van der Waals surface area contributed by atoms with Crippen LogP contribution in [0.5, 0.6) is 11.5 Å². The van der Waals surface area contributed by atoms with Crippen LogP contribution in [0.1, 0.15) is 23.6 Å². The van der Waals surface area contributed by atoms with Crippen molar-refractivity contribution in [2.24, 2.45) is 0 Å². The monoisotopic (exact) mass is 526 g/mol. The zero-order chi connectivity index (χ0) is 28.1. The van der Waals surface area contributed by atoms with E-state index in [0.717, 1.165) is 22.4 Å². The maximum atomic E-state index is 13.3. The van der Waals surface area contributed by atoms with Gasteiger partial charge in [0.2, 0.25) is 5.78 Å². The third-order valence-electron chi connectivity index (χ3n) is 6.47. The molecule has 0 atom stereocenters. The van der Waals surface area contributed by atoms with E-state index in [9.17, 15) is 14.4 Å². The highest BCUT2D eigenvalue weighted by Gasteiger charge is 2.38. The predicted molar refractivity (Wildman–Crippen MR) is 150 cm³/mol. The van der Waals surface area contributed by atoms with Gasteiger partial charge >= 0.3 is 5.97 Å². The van der Waals surface area contributed by atoms with Crippen LogP contribution in [0, 0.1) is 13.8 Å². The Morgan fingerprint density at radius 2 is 1.64 bits per heavy atom. The van der Waals surface area contributed by atoms with Crippen LogP contribution >= 0.6 is 0 Å². The number of hydrogen-bond acceptors (Lipinski definition) is 7. The summed E-state index contributed by atoms with van der Waals surface area (Å²) in [5.41, 5.74) is 5.07. The Morgan fingerprint density at radius 3 is 2.31 bits per heavy atom. The number of para-hydroxylation sites is 2. The van der Waals surface area contributed by atoms with E-state index < -0.39 is 11.8 Å². The Balaban J connectivity index is 1.53. The van der Waals surface area contributed by atoms with Gasteiger partial charge in [0.1, 0.15) is 17.1 Å². The van der Waals surface area contributed by atoms with E-state index in [4.69, 9.17) is 14.2 Å². The van der Waals surface area contributed by atoms with Crippen molar-refractivity contribution >= 4 is 35.1 Å². The number of benzene rings is 3. The van der Waals surface area contributed by atoms with Gasteiger partial charge in [-0.3, -0.25) is 9.59 Å². The summed E-state index contributed by atoms with van der Waals surface area (Å²) in [5.74, 6) is -0.376. The molecule has 200 valence electrons. The number of aryl methyl sites for hydroxylation is 2. The van der Waals surface area contributed by atoms with Crippen LogP contribution in [0.4, 0.5) is 11.4 Å². The van der Waals surface area contributed by atoms with Gasteiger partial charge in [0.25, 0.3) is 5.91 Å². The molecule has 8 heteroatoms. The van der Waals surface area contributed by atoms with Crippen LogP contribution in [0.15, 0.2) is 83.7 Å². The van der Waals surface area contributed by atoms with Crippen molar-refractivity contribution in [1.82, 2.24) is 0 Å². The van der Waals surface area contributed by atoms with Crippen molar-refractivity contribution in [1.29, 1.82) is 0 Å². The number of nitrogens with zero attached hydrogens (tertiary/aromatic N) is 1. The van der Waals surface area contributed by atoms with Gasteiger partial charge in [-0.2, -0.15) is 0 Å². The Bertz CT molecular complexity index is 1490. The Morgan fingerprint density at radius 1 is 0.923 bits per heavy atom. The van der Waals surface area contributed by atoms with E-state index in [1.54, 1.807) is 60.4 Å². The normalized spacial score (nSPS) is 14.0. The van der Waals surface area contributed by atoms with Gasteiger partial charge in [0.15, 0.2) is 6.61 Å². The number of Topliss-reactive ketones (excluding diaryl/α,β-unsaturated/α-hetero) is 1. The smallest absolute Gasteiger partial charge is 0.343 e. The molecule has 0 saturated carbocycles. The van der Waals surface area contributed by atoms with Crippen LogP contribution in [-0.2, 0) is 19.1 Å². The lowest BCUT2D eigenvalue weighted by atomic mass is 10.1. The van der Waals surface area contributed by atoms with Gasteiger partial charge < -0.3 is 24.4 Å². The first-order chi connectivity index (χ1) is 18.7. The molecular weight excluding hydrogens is 496 g/mol. The van der Waals surface area contributed by atoms with Gasteiger partial charge in [-0.05, 0) is 79.9 Å². The molecule has 8 nitrogen and oxygen atoms in total. The first-order valence-corrected chi connectivity index (χ1v) is 12.3. The molecule has 1 aliphatic rings. The molecule has 39 heavy (non-hydrogen) atoms. The first kappa shape index (κ1) is 27.2. The number of anilines is 2. The van der Waals surface area contributed by atoms with Gasteiger partial charge in [0, 0.05) is 11.4 Å².